The third kappa shape index (κ3) is 4.23. The highest BCUT2D eigenvalue weighted by Crippen LogP contribution is 2.25. The molecule has 19 heavy (non-hydrogen) atoms. The predicted molar refractivity (Wildman–Crippen MR) is 81.0 cm³/mol. The van der Waals surface area contributed by atoms with Crippen LogP contribution >= 0.6 is 0 Å². The van der Waals surface area contributed by atoms with Gasteiger partial charge in [-0.3, -0.25) is 4.79 Å². The Balaban J connectivity index is 1.97. The maximum absolute atomic E-state index is 12.2. The lowest BCUT2D eigenvalue weighted by atomic mass is 9.88. The van der Waals surface area contributed by atoms with E-state index in [1.807, 2.05) is 18.2 Å². The van der Waals surface area contributed by atoms with E-state index in [4.69, 9.17) is 0 Å². The third-order valence-corrected chi connectivity index (χ3v) is 3.68. The molecular formula is C17H23NO. The van der Waals surface area contributed by atoms with Crippen LogP contribution in [0.5, 0.6) is 0 Å². The van der Waals surface area contributed by atoms with Crippen molar-refractivity contribution in [2.75, 3.05) is 5.32 Å². The molecule has 2 nitrogen and oxygen atoms in total. The van der Waals surface area contributed by atoms with E-state index in [1.54, 1.807) is 0 Å². The maximum atomic E-state index is 12.2. The zero-order valence-corrected chi connectivity index (χ0v) is 11.7. The number of anilines is 1. The number of hydrogen-bond acceptors (Lipinski definition) is 1. The number of benzene rings is 1. The van der Waals surface area contributed by atoms with Gasteiger partial charge in [-0.05, 0) is 37.0 Å². The van der Waals surface area contributed by atoms with E-state index in [-0.39, 0.29) is 11.8 Å². The summed E-state index contributed by atoms with van der Waals surface area (Å²) in [4.78, 5) is 12.2. The van der Waals surface area contributed by atoms with E-state index in [0.29, 0.717) is 0 Å². The normalized spacial score (nSPS) is 16.7. The van der Waals surface area contributed by atoms with Gasteiger partial charge in [0.05, 0.1) is 0 Å². The van der Waals surface area contributed by atoms with Crippen LogP contribution in [-0.2, 0) is 4.79 Å². The fourth-order valence-electron chi connectivity index (χ4n) is 2.58. The van der Waals surface area contributed by atoms with Gasteiger partial charge >= 0.3 is 0 Å². The minimum Gasteiger partial charge on any atom is -0.326 e. The minimum absolute atomic E-state index is 0.191. The highest BCUT2D eigenvalue weighted by atomic mass is 16.1. The van der Waals surface area contributed by atoms with Crippen molar-refractivity contribution in [1.82, 2.24) is 0 Å². The average molecular weight is 257 g/mol. The van der Waals surface area contributed by atoms with Gasteiger partial charge in [0.2, 0.25) is 5.91 Å². The van der Waals surface area contributed by atoms with Gasteiger partial charge in [-0.25, -0.2) is 0 Å². The molecule has 0 heterocycles. The second-order valence-electron chi connectivity index (χ2n) is 5.26. The Labute approximate surface area is 115 Å². The first kappa shape index (κ1) is 13.9. The maximum Gasteiger partial charge on any atom is 0.227 e. The average Bonchev–Trinajstić information content (AvgIpc) is 2.46. The van der Waals surface area contributed by atoms with Gasteiger partial charge in [0.1, 0.15) is 0 Å². The van der Waals surface area contributed by atoms with Crippen molar-refractivity contribution in [3.05, 3.63) is 35.9 Å². The van der Waals surface area contributed by atoms with E-state index in [1.165, 1.54) is 19.3 Å². The smallest absolute Gasteiger partial charge is 0.227 e. The van der Waals surface area contributed by atoms with Gasteiger partial charge in [0.25, 0.3) is 0 Å². The fourth-order valence-corrected chi connectivity index (χ4v) is 2.58. The zero-order valence-electron chi connectivity index (χ0n) is 11.7. The molecule has 0 unspecified atom stereocenters. The summed E-state index contributed by atoms with van der Waals surface area (Å²) in [5, 5.41) is 3.06. The summed E-state index contributed by atoms with van der Waals surface area (Å²) in [7, 11) is 0. The van der Waals surface area contributed by atoms with Crippen molar-refractivity contribution < 1.29 is 4.79 Å². The molecule has 102 valence electrons. The van der Waals surface area contributed by atoms with Crippen LogP contribution < -0.4 is 5.32 Å². The van der Waals surface area contributed by atoms with Gasteiger partial charge in [-0.1, -0.05) is 50.5 Å². The number of amides is 1. The van der Waals surface area contributed by atoms with Crippen molar-refractivity contribution >= 4 is 17.7 Å². The third-order valence-electron chi connectivity index (χ3n) is 3.68. The van der Waals surface area contributed by atoms with Gasteiger partial charge in [-0.2, -0.15) is 0 Å². The molecule has 0 spiro atoms. The van der Waals surface area contributed by atoms with Crippen molar-refractivity contribution in [3.63, 3.8) is 0 Å². The Morgan fingerprint density at radius 3 is 2.84 bits per heavy atom. The lowest BCUT2D eigenvalue weighted by molar-refractivity contribution is -0.120. The standard InChI is InChI=1S/C17H23NO/c1-2-3-8-14-9-7-12-16(13-14)18-17(19)15-10-5-4-6-11-15/h3,7-9,12-13,15H,2,4-6,10-11H2,1H3,(H,18,19)/b8-3+. The molecule has 1 aliphatic carbocycles. The molecular weight excluding hydrogens is 234 g/mol. The molecule has 0 atom stereocenters. The SMILES string of the molecule is CC/C=C/c1cccc(NC(=O)C2CCCCC2)c1. The highest BCUT2D eigenvalue weighted by Gasteiger charge is 2.20. The van der Waals surface area contributed by atoms with Crippen LogP contribution in [0.2, 0.25) is 0 Å². The van der Waals surface area contributed by atoms with Crippen LogP contribution in [0.4, 0.5) is 5.69 Å². The largest absolute Gasteiger partial charge is 0.326 e. The molecule has 0 radical (unpaired) electrons. The first-order valence-corrected chi connectivity index (χ1v) is 7.37. The molecule has 0 aromatic heterocycles. The number of rotatable bonds is 4. The van der Waals surface area contributed by atoms with Crippen LogP contribution in [0.1, 0.15) is 51.0 Å². The highest BCUT2D eigenvalue weighted by molar-refractivity contribution is 5.92. The molecule has 1 saturated carbocycles. The quantitative estimate of drug-likeness (QED) is 0.837. The number of hydrogen-bond donors (Lipinski definition) is 1. The topological polar surface area (TPSA) is 29.1 Å². The Morgan fingerprint density at radius 2 is 2.11 bits per heavy atom. The molecule has 1 N–H and O–H groups in total. The summed E-state index contributed by atoms with van der Waals surface area (Å²) >= 11 is 0. The number of allylic oxidation sites excluding steroid dienone is 1. The number of carbonyl (C=O) groups excluding carboxylic acids is 1. The van der Waals surface area contributed by atoms with E-state index < -0.39 is 0 Å². The summed E-state index contributed by atoms with van der Waals surface area (Å²) in [5.74, 6) is 0.403. The van der Waals surface area contributed by atoms with Crippen molar-refractivity contribution in [2.24, 2.45) is 5.92 Å². The lowest BCUT2D eigenvalue weighted by Crippen LogP contribution is -2.24. The number of carbonyl (C=O) groups is 1. The van der Waals surface area contributed by atoms with Crippen LogP contribution in [0.15, 0.2) is 30.3 Å². The summed E-state index contributed by atoms with van der Waals surface area (Å²) < 4.78 is 0. The zero-order chi connectivity index (χ0) is 13.5. The Hall–Kier alpha value is -1.57. The number of nitrogens with one attached hydrogen (secondary N) is 1. The summed E-state index contributed by atoms with van der Waals surface area (Å²) in [6.45, 7) is 2.12. The molecule has 0 aliphatic heterocycles. The minimum atomic E-state index is 0.191. The molecule has 0 bridgehead atoms. The molecule has 2 rings (SSSR count). The van der Waals surface area contributed by atoms with Crippen molar-refractivity contribution in [1.29, 1.82) is 0 Å². The first-order chi connectivity index (χ1) is 9.29. The van der Waals surface area contributed by atoms with E-state index in [9.17, 15) is 4.79 Å². The van der Waals surface area contributed by atoms with Gasteiger partial charge in [-0.15, -0.1) is 0 Å². The molecule has 2 heteroatoms. The summed E-state index contributed by atoms with van der Waals surface area (Å²) in [5.41, 5.74) is 2.05. The second-order valence-corrected chi connectivity index (χ2v) is 5.26. The van der Waals surface area contributed by atoms with Crippen LogP contribution in [0, 0.1) is 5.92 Å². The molecule has 1 amide bonds. The van der Waals surface area contributed by atoms with Crippen LogP contribution in [-0.4, -0.2) is 5.91 Å². The van der Waals surface area contributed by atoms with Gasteiger partial charge in [0.15, 0.2) is 0 Å². The van der Waals surface area contributed by atoms with E-state index >= 15 is 0 Å². The van der Waals surface area contributed by atoms with Gasteiger partial charge in [0, 0.05) is 11.6 Å². The Kier molecular flexibility index (Phi) is 5.20. The fraction of sp³-hybridized carbons (Fsp3) is 0.471. The van der Waals surface area contributed by atoms with Crippen LogP contribution in [0.25, 0.3) is 6.08 Å². The molecule has 1 aromatic carbocycles. The lowest BCUT2D eigenvalue weighted by Gasteiger charge is -2.20. The Bertz CT molecular complexity index is 444. The van der Waals surface area contributed by atoms with E-state index in [2.05, 4.69) is 30.5 Å². The van der Waals surface area contributed by atoms with Crippen molar-refractivity contribution in [2.45, 2.75) is 45.4 Å². The van der Waals surface area contributed by atoms with Crippen LogP contribution in [0.3, 0.4) is 0 Å². The van der Waals surface area contributed by atoms with Crippen molar-refractivity contribution in [3.8, 4) is 0 Å². The van der Waals surface area contributed by atoms with Gasteiger partial charge < -0.3 is 5.32 Å². The monoisotopic (exact) mass is 257 g/mol. The van der Waals surface area contributed by atoms with E-state index in [0.717, 1.165) is 30.5 Å². The predicted octanol–water partition coefficient (Wildman–Crippen LogP) is 4.63. The molecule has 1 aromatic rings. The molecule has 1 fully saturated rings. The second kappa shape index (κ2) is 7.13. The Morgan fingerprint density at radius 1 is 1.32 bits per heavy atom. The first-order valence-electron chi connectivity index (χ1n) is 7.37. The summed E-state index contributed by atoms with van der Waals surface area (Å²) in [6, 6.07) is 8.05. The molecule has 0 saturated heterocycles. The summed E-state index contributed by atoms with van der Waals surface area (Å²) in [6.07, 6.45) is 11.0. The molecule has 1 aliphatic rings.